The maximum absolute atomic E-state index is 9.64. The number of aliphatic hydroxyl groups excluding tert-OH is 2. The van der Waals surface area contributed by atoms with Crippen molar-refractivity contribution in [3.63, 3.8) is 0 Å². The summed E-state index contributed by atoms with van der Waals surface area (Å²) in [4.78, 5) is 0. The smallest absolute Gasteiger partial charge is 0.184 e. The molecule has 1 saturated heterocycles. The van der Waals surface area contributed by atoms with Gasteiger partial charge in [0.25, 0.3) is 0 Å². The summed E-state index contributed by atoms with van der Waals surface area (Å²) in [6.45, 7) is 4.02. The molecule has 0 amide bonds. The van der Waals surface area contributed by atoms with Gasteiger partial charge in [-0.3, -0.25) is 0 Å². The van der Waals surface area contributed by atoms with Crippen molar-refractivity contribution < 1.29 is 24.4 Å². The van der Waals surface area contributed by atoms with E-state index >= 15 is 0 Å². The summed E-state index contributed by atoms with van der Waals surface area (Å²) in [7, 11) is 1.86. The quantitative estimate of drug-likeness (QED) is 0.507. The Labute approximate surface area is 102 Å². The molecule has 0 bridgehead atoms. The summed E-state index contributed by atoms with van der Waals surface area (Å²) in [5.74, 6) is 0. The van der Waals surface area contributed by atoms with E-state index in [-0.39, 0.29) is 12.5 Å². The summed E-state index contributed by atoms with van der Waals surface area (Å²) in [5.41, 5.74) is 0. The Morgan fingerprint density at radius 2 is 2.00 bits per heavy atom. The molecule has 1 heterocycles. The van der Waals surface area contributed by atoms with Gasteiger partial charge >= 0.3 is 0 Å². The molecular weight excluding hydrogens is 226 g/mol. The Bertz CT molecular complexity index is 204. The first-order valence-corrected chi connectivity index (χ1v) is 6.00. The molecule has 0 aromatic heterocycles. The molecule has 0 spiro atoms. The van der Waals surface area contributed by atoms with Crippen LogP contribution < -0.4 is 5.32 Å². The number of hydrogen-bond acceptors (Lipinski definition) is 6. The van der Waals surface area contributed by atoms with Crippen LogP contribution in [0.25, 0.3) is 0 Å². The van der Waals surface area contributed by atoms with E-state index < -0.39 is 18.5 Å². The number of nitrogens with one attached hydrogen (secondary N) is 1. The fourth-order valence-electron chi connectivity index (χ4n) is 1.59. The molecule has 1 aliphatic rings. The van der Waals surface area contributed by atoms with Crippen LogP contribution in [0.2, 0.25) is 0 Å². The van der Waals surface area contributed by atoms with E-state index in [4.69, 9.17) is 14.2 Å². The lowest BCUT2D eigenvalue weighted by Crippen LogP contribution is -2.47. The fourth-order valence-corrected chi connectivity index (χ4v) is 1.59. The van der Waals surface area contributed by atoms with E-state index in [1.807, 2.05) is 7.05 Å². The summed E-state index contributed by atoms with van der Waals surface area (Å²) >= 11 is 0. The average molecular weight is 249 g/mol. The minimum absolute atomic E-state index is 0.284. The number of ether oxygens (including phenoxy) is 3. The van der Waals surface area contributed by atoms with Gasteiger partial charge in [0.15, 0.2) is 6.29 Å². The molecule has 0 aliphatic carbocycles. The van der Waals surface area contributed by atoms with E-state index in [9.17, 15) is 10.2 Å². The molecule has 0 aromatic rings. The molecule has 1 aliphatic heterocycles. The lowest BCUT2D eigenvalue weighted by atomic mass is 10.0. The highest BCUT2D eigenvalue weighted by Crippen LogP contribution is 2.20. The van der Waals surface area contributed by atoms with Crippen LogP contribution in [0.1, 0.15) is 13.3 Å². The minimum Gasteiger partial charge on any atom is -0.390 e. The third kappa shape index (κ3) is 5.29. The van der Waals surface area contributed by atoms with Crippen molar-refractivity contribution >= 4 is 0 Å². The predicted molar refractivity (Wildman–Crippen MR) is 61.7 cm³/mol. The normalized spacial score (nSPS) is 33.9. The summed E-state index contributed by atoms with van der Waals surface area (Å²) in [5, 5.41) is 22.1. The lowest BCUT2D eigenvalue weighted by molar-refractivity contribution is -0.263. The first kappa shape index (κ1) is 14.8. The first-order valence-electron chi connectivity index (χ1n) is 6.00. The molecule has 1 rings (SSSR count). The number of rotatable bonds is 7. The van der Waals surface area contributed by atoms with Gasteiger partial charge in [-0.05, 0) is 14.0 Å². The zero-order valence-corrected chi connectivity index (χ0v) is 10.5. The number of likely N-dealkylation sites (N-methyl/N-ethyl adjacent to an activating group) is 1. The molecule has 0 aromatic carbocycles. The highest BCUT2D eigenvalue weighted by atomic mass is 16.7. The van der Waals surface area contributed by atoms with Crippen LogP contribution in [0, 0.1) is 0 Å². The molecule has 1 fully saturated rings. The van der Waals surface area contributed by atoms with E-state index in [0.717, 1.165) is 6.54 Å². The molecule has 6 heteroatoms. The van der Waals surface area contributed by atoms with Gasteiger partial charge in [0.1, 0.15) is 6.10 Å². The molecule has 0 saturated carbocycles. The molecule has 17 heavy (non-hydrogen) atoms. The third-order valence-corrected chi connectivity index (χ3v) is 2.69. The lowest BCUT2D eigenvalue weighted by Gasteiger charge is -2.35. The number of hydrogen-bond donors (Lipinski definition) is 3. The number of aliphatic hydroxyl groups is 2. The molecule has 6 nitrogen and oxygen atoms in total. The highest BCUT2D eigenvalue weighted by molar-refractivity contribution is 4.78. The topological polar surface area (TPSA) is 80.2 Å². The zero-order chi connectivity index (χ0) is 12.7. The van der Waals surface area contributed by atoms with Crippen LogP contribution in [0.15, 0.2) is 0 Å². The SMILES string of the molecule is CNCCOCCOC1O[C@@H](C)C(O)C[C@H]1O. The third-order valence-electron chi connectivity index (χ3n) is 2.69. The second kappa shape index (κ2) is 7.97. The van der Waals surface area contributed by atoms with Crippen molar-refractivity contribution in [3.8, 4) is 0 Å². The Kier molecular flexibility index (Phi) is 6.94. The molecule has 102 valence electrons. The van der Waals surface area contributed by atoms with Crippen molar-refractivity contribution in [1.82, 2.24) is 5.32 Å². The standard InChI is InChI=1S/C11H23NO5/c1-8-9(13)7-10(14)11(17-8)16-6-5-15-4-3-12-2/h8-14H,3-7H2,1-2H3/t8-,9?,10+,11?/m0/s1. The predicted octanol–water partition coefficient (Wildman–Crippen LogP) is -0.904. The molecule has 4 atom stereocenters. The fraction of sp³-hybridized carbons (Fsp3) is 1.00. The van der Waals surface area contributed by atoms with Gasteiger partial charge in [0, 0.05) is 13.0 Å². The van der Waals surface area contributed by atoms with Crippen molar-refractivity contribution in [2.75, 3.05) is 33.4 Å². The average Bonchev–Trinajstić information content (AvgIpc) is 2.30. The van der Waals surface area contributed by atoms with Gasteiger partial charge in [0.2, 0.25) is 0 Å². The molecule has 2 unspecified atom stereocenters. The first-order chi connectivity index (χ1) is 8.15. The summed E-state index contributed by atoms with van der Waals surface area (Å²) in [6.07, 6.45) is -2.10. The van der Waals surface area contributed by atoms with Crippen molar-refractivity contribution in [1.29, 1.82) is 0 Å². The second-order valence-corrected chi connectivity index (χ2v) is 4.17. The van der Waals surface area contributed by atoms with Crippen molar-refractivity contribution in [3.05, 3.63) is 0 Å². The minimum atomic E-state index is -0.779. The largest absolute Gasteiger partial charge is 0.390 e. The van der Waals surface area contributed by atoms with Gasteiger partial charge in [-0.2, -0.15) is 0 Å². The van der Waals surface area contributed by atoms with Crippen LogP contribution in [0.5, 0.6) is 0 Å². The Morgan fingerprint density at radius 1 is 1.24 bits per heavy atom. The van der Waals surface area contributed by atoms with Crippen LogP contribution in [0.3, 0.4) is 0 Å². The second-order valence-electron chi connectivity index (χ2n) is 4.17. The highest BCUT2D eigenvalue weighted by Gasteiger charge is 2.34. The molecule has 3 N–H and O–H groups in total. The molecular formula is C11H23NO5. The van der Waals surface area contributed by atoms with Gasteiger partial charge in [0.05, 0.1) is 32.0 Å². The molecule has 0 radical (unpaired) electrons. The monoisotopic (exact) mass is 249 g/mol. The van der Waals surface area contributed by atoms with Crippen molar-refractivity contribution in [2.45, 2.75) is 37.9 Å². The van der Waals surface area contributed by atoms with Crippen LogP contribution in [-0.2, 0) is 14.2 Å². The Morgan fingerprint density at radius 3 is 2.71 bits per heavy atom. The van der Waals surface area contributed by atoms with Crippen molar-refractivity contribution in [2.24, 2.45) is 0 Å². The maximum Gasteiger partial charge on any atom is 0.184 e. The van der Waals surface area contributed by atoms with Crippen LogP contribution >= 0.6 is 0 Å². The van der Waals surface area contributed by atoms with Gasteiger partial charge in [-0.25, -0.2) is 0 Å². The maximum atomic E-state index is 9.64. The van der Waals surface area contributed by atoms with Gasteiger partial charge < -0.3 is 29.7 Å². The Balaban J connectivity index is 2.10. The van der Waals surface area contributed by atoms with Gasteiger partial charge in [-0.1, -0.05) is 0 Å². The van der Waals surface area contributed by atoms with E-state index in [2.05, 4.69) is 5.32 Å². The summed E-state index contributed by atoms with van der Waals surface area (Å²) < 4.78 is 16.0. The van der Waals surface area contributed by atoms with E-state index in [1.54, 1.807) is 6.92 Å². The summed E-state index contributed by atoms with van der Waals surface area (Å²) in [6, 6.07) is 0. The van der Waals surface area contributed by atoms with E-state index in [1.165, 1.54) is 0 Å². The van der Waals surface area contributed by atoms with Crippen LogP contribution in [-0.4, -0.2) is 68.2 Å². The van der Waals surface area contributed by atoms with Gasteiger partial charge in [-0.15, -0.1) is 0 Å². The van der Waals surface area contributed by atoms with E-state index in [0.29, 0.717) is 19.8 Å². The zero-order valence-electron chi connectivity index (χ0n) is 10.5. The van der Waals surface area contributed by atoms with Crippen LogP contribution in [0.4, 0.5) is 0 Å². The Hall–Kier alpha value is -0.240.